The summed E-state index contributed by atoms with van der Waals surface area (Å²) in [6, 6.07) is 34.8. The molecule has 0 fully saturated rings. The number of fused-ring (bicyclic) bond motifs is 2. The Hall–Kier alpha value is -3.88. The molecule has 0 saturated heterocycles. The van der Waals surface area contributed by atoms with Gasteiger partial charge >= 0.3 is 5.97 Å². The first-order valence-electron chi connectivity index (χ1n) is 13.9. The molecule has 0 N–H and O–H groups in total. The van der Waals surface area contributed by atoms with Crippen LogP contribution in [0.25, 0.3) is 0 Å². The first-order chi connectivity index (χ1) is 20.2. The highest BCUT2D eigenvalue weighted by Crippen LogP contribution is 2.55. The highest BCUT2D eigenvalue weighted by atomic mass is 79.9. The Balaban J connectivity index is 1.61. The van der Waals surface area contributed by atoms with E-state index in [0.29, 0.717) is 0 Å². The van der Waals surface area contributed by atoms with Crippen molar-refractivity contribution in [2.24, 2.45) is 10.2 Å². The van der Waals surface area contributed by atoms with E-state index in [2.05, 4.69) is 73.1 Å². The summed E-state index contributed by atoms with van der Waals surface area (Å²) >= 11 is 4.90. The predicted octanol–water partition coefficient (Wildman–Crippen LogP) is 8.26. The smallest absolute Gasteiger partial charge is 0.365 e. The lowest BCUT2D eigenvalue weighted by Crippen LogP contribution is -2.54. The van der Waals surface area contributed by atoms with Gasteiger partial charge in [-0.05, 0) is 66.1 Å². The summed E-state index contributed by atoms with van der Waals surface area (Å²) < 4.78 is 6.39. The monoisotopic (exact) mass is 638 g/mol. The second-order valence-corrected chi connectivity index (χ2v) is 13.2. The molecule has 8 heteroatoms. The van der Waals surface area contributed by atoms with Crippen LogP contribution in [0, 0.1) is 0 Å². The number of benzene rings is 4. The van der Waals surface area contributed by atoms with Crippen LogP contribution in [0.5, 0.6) is 0 Å². The van der Waals surface area contributed by atoms with Crippen LogP contribution >= 0.6 is 27.7 Å². The lowest BCUT2D eigenvalue weighted by molar-refractivity contribution is -0.134. The quantitative estimate of drug-likeness (QED) is 0.206. The van der Waals surface area contributed by atoms with Crippen LogP contribution < -0.4 is 10.0 Å². The van der Waals surface area contributed by atoms with E-state index in [1.54, 1.807) is 6.92 Å². The van der Waals surface area contributed by atoms with Gasteiger partial charge in [0.25, 0.3) is 0 Å². The van der Waals surface area contributed by atoms with Crippen molar-refractivity contribution in [1.82, 2.24) is 0 Å². The maximum Gasteiger partial charge on any atom is 0.365 e. The number of nitrogens with zero attached hydrogens (tertiary/aromatic N) is 4. The van der Waals surface area contributed by atoms with Crippen molar-refractivity contribution in [2.75, 3.05) is 16.6 Å². The van der Waals surface area contributed by atoms with E-state index in [0.717, 1.165) is 38.2 Å². The van der Waals surface area contributed by atoms with Gasteiger partial charge < -0.3 is 4.74 Å². The summed E-state index contributed by atoms with van der Waals surface area (Å²) in [5.74, 6) is -0.459. The topological polar surface area (TPSA) is 57.5 Å². The van der Waals surface area contributed by atoms with Crippen molar-refractivity contribution in [3.8, 4) is 0 Å². The number of carbonyl (C=O) groups excluding carboxylic acids is 1. The molecule has 1 atom stereocenters. The molecule has 4 aromatic carbocycles. The second kappa shape index (κ2) is 11.1. The van der Waals surface area contributed by atoms with Gasteiger partial charge in [0.05, 0.1) is 23.7 Å². The third-order valence-corrected chi connectivity index (χ3v) is 9.10. The zero-order chi connectivity index (χ0) is 29.5. The highest BCUT2D eigenvalue weighted by molar-refractivity contribution is 9.10. The van der Waals surface area contributed by atoms with Crippen LogP contribution in [-0.2, 0) is 19.9 Å². The number of carbonyl (C=O) groups is 1. The van der Waals surface area contributed by atoms with Gasteiger partial charge in [-0.2, -0.15) is 10.2 Å². The average molecular weight is 640 g/mol. The Morgan fingerprint density at radius 2 is 1.45 bits per heavy atom. The molecule has 1 unspecified atom stereocenters. The number of hydrogen-bond acceptors (Lipinski definition) is 7. The molecular formula is C34H31BrN4O2S. The first kappa shape index (κ1) is 28.2. The van der Waals surface area contributed by atoms with Crippen molar-refractivity contribution < 1.29 is 9.53 Å². The largest absolute Gasteiger partial charge is 0.461 e. The lowest BCUT2D eigenvalue weighted by Gasteiger charge is -2.47. The zero-order valence-electron chi connectivity index (χ0n) is 23.9. The van der Waals surface area contributed by atoms with E-state index in [9.17, 15) is 4.79 Å². The van der Waals surface area contributed by atoms with Gasteiger partial charge in [0.15, 0.2) is 0 Å². The average Bonchev–Trinajstić information content (AvgIpc) is 3.39. The van der Waals surface area contributed by atoms with Gasteiger partial charge in [0.2, 0.25) is 10.0 Å². The number of thioether (sulfide) groups is 1. The third kappa shape index (κ3) is 4.92. The number of rotatable bonds is 5. The predicted molar refractivity (Wildman–Crippen MR) is 176 cm³/mol. The summed E-state index contributed by atoms with van der Waals surface area (Å²) in [6.45, 7) is 8.70. The molecule has 2 aliphatic rings. The van der Waals surface area contributed by atoms with E-state index >= 15 is 0 Å². The van der Waals surface area contributed by atoms with Crippen LogP contribution in [-0.4, -0.2) is 23.3 Å². The van der Waals surface area contributed by atoms with Gasteiger partial charge in [-0.25, -0.2) is 14.8 Å². The van der Waals surface area contributed by atoms with Gasteiger partial charge in [0.1, 0.15) is 0 Å². The molecule has 0 aromatic heterocycles. The number of hydrazone groups is 2. The molecule has 1 spiro atoms. The fourth-order valence-electron chi connectivity index (χ4n) is 5.20. The van der Waals surface area contributed by atoms with Crippen molar-refractivity contribution in [2.45, 2.75) is 38.1 Å². The van der Waals surface area contributed by atoms with Crippen LogP contribution in [0.3, 0.4) is 0 Å². The van der Waals surface area contributed by atoms with E-state index in [-0.39, 0.29) is 17.1 Å². The van der Waals surface area contributed by atoms with E-state index in [1.807, 2.05) is 76.7 Å². The summed E-state index contributed by atoms with van der Waals surface area (Å²) in [5.41, 5.74) is 6.78. The summed E-state index contributed by atoms with van der Waals surface area (Å²) in [4.78, 5) is 12.2. The minimum atomic E-state index is -1.04. The number of esters is 1. The molecule has 2 aliphatic heterocycles. The maximum atomic E-state index is 13.2. The van der Waals surface area contributed by atoms with Crippen LogP contribution in [0.4, 0.5) is 11.4 Å². The van der Waals surface area contributed by atoms with Crippen molar-refractivity contribution >= 4 is 55.8 Å². The standard InChI is InChI=1S/C34H31BrN4O2S/c1-5-41-32(40)31-37-39(27-21-19-25(35)20-22-27)34(42-31)29-14-10-9-13-28(29)30(36-38(34)26-11-7-6-8-12-26)23-15-17-24(18-16-23)33(2,3)4/h6-22H,5H2,1-4H3. The maximum absolute atomic E-state index is 13.2. The molecule has 0 amide bonds. The number of anilines is 2. The summed E-state index contributed by atoms with van der Waals surface area (Å²) in [6.07, 6.45) is 0. The van der Waals surface area contributed by atoms with Crippen molar-refractivity contribution in [1.29, 1.82) is 0 Å². The minimum absolute atomic E-state index is 0.0391. The van der Waals surface area contributed by atoms with Crippen molar-refractivity contribution in [3.05, 3.63) is 130 Å². The molecule has 42 heavy (non-hydrogen) atoms. The Kier molecular flexibility index (Phi) is 7.45. The van der Waals surface area contributed by atoms with E-state index in [1.165, 1.54) is 17.3 Å². The minimum Gasteiger partial charge on any atom is -0.461 e. The van der Waals surface area contributed by atoms with Crippen LogP contribution in [0.2, 0.25) is 0 Å². The van der Waals surface area contributed by atoms with Gasteiger partial charge in [0, 0.05) is 21.2 Å². The summed E-state index contributed by atoms with van der Waals surface area (Å²) in [5, 5.41) is 14.4. The fourth-order valence-corrected chi connectivity index (χ4v) is 6.75. The Bertz CT molecular complexity index is 1680. The second-order valence-electron chi connectivity index (χ2n) is 11.1. The third-order valence-electron chi connectivity index (χ3n) is 7.28. The van der Waals surface area contributed by atoms with Crippen molar-refractivity contribution in [3.63, 3.8) is 0 Å². The molecule has 0 bridgehead atoms. The van der Waals surface area contributed by atoms with E-state index < -0.39 is 11.0 Å². The van der Waals surface area contributed by atoms with Gasteiger partial charge in [-0.1, -0.05) is 103 Å². The normalized spacial score (nSPS) is 18.0. The first-order valence-corrected chi connectivity index (χ1v) is 15.5. The fraction of sp³-hybridized carbons (Fsp3) is 0.206. The number of ether oxygens (including phenoxy) is 1. The number of hydrogen-bond donors (Lipinski definition) is 0. The SMILES string of the molecule is CCOC(=O)C1=NN(c2ccc(Br)cc2)C2(S1)c1ccccc1C(c1ccc(C(C)(C)C)cc1)=NN2c1ccccc1. The Morgan fingerprint density at radius 3 is 2.12 bits per heavy atom. The van der Waals surface area contributed by atoms with E-state index in [4.69, 9.17) is 14.9 Å². The molecule has 2 heterocycles. The summed E-state index contributed by atoms with van der Waals surface area (Å²) in [7, 11) is 0. The van der Waals surface area contributed by atoms with Gasteiger partial charge in [-0.15, -0.1) is 0 Å². The number of halogens is 1. The molecule has 212 valence electrons. The van der Waals surface area contributed by atoms with Crippen LogP contribution in [0.1, 0.15) is 49.9 Å². The molecule has 4 aromatic rings. The Labute approximate surface area is 259 Å². The molecule has 0 saturated carbocycles. The molecule has 0 aliphatic carbocycles. The van der Waals surface area contributed by atoms with Gasteiger partial charge in [-0.3, -0.25) is 0 Å². The van der Waals surface area contributed by atoms with Crippen LogP contribution in [0.15, 0.2) is 118 Å². The zero-order valence-corrected chi connectivity index (χ0v) is 26.3. The lowest BCUT2D eigenvalue weighted by atomic mass is 9.85. The molecule has 0 radical (unpaired) electrons. The molecule has 6 rings (SSSR count). The highest BCUT2D eigenvalue weighted by Gasteiger charge is 2.56. The molecule has 6 nitrogen and oxygen atoms in total. The Morgan fingerprint density at radius 1 is 0.833 bits per heavy atom. The number of para-hydroxylation sites is 1. The molecular weight excluding hydrogens is 608 g/mol.